The van der Waals surface area contributed by atoms with Crippen LogP contribution in [0.25, 0.3) is 26.4 Å². The van der Waals surface area contributed by atoms with E-state index in [0.717, 1.165) is 35.2 Å². The molecule has 0 amide bonds. The highest BCUT2D eigenvalue weighted by molar-refractivity contribution is 8.04. The van der Waals surface area contributed by atoms with E-state index < -0.39 is 31.8 Å². The molecule has 4 aromatic rings. The zero-order valence-electron chi connectivity index (χ0n) is 19.2. The number of halogens is 1. The summed E-state index contributed by atoms with van der Waals surface area (Å²) in [6, 6.07) is 10.5. The van der Waals surface area contributed by atoms with E-state index in [1.165, 1.54) is 35.2 Å². The lowest BCUT2D eigenvalue weighted by atomic mass is 10.2. The second-order valence-corrected chi connectivity index (χ2v) is 14.7. The molecule has 0 saturated heterocycles. The van der Waals surface area contributed by atoms with Gasteiger partial charge in [0.1, 0.15) is 10.5 Å². The molecule has 0 aliphatic carbocycles. The normalized spacial score (nSPS) is 15.3. The third-order valence-corrected chi connectivity index (χ3v) is 10.5. The first-order valence-corrected chi connectivity index (χ1v) is 16.9. The molecule has 1 aliphatic rings. The van der Waals surface area contributed by atoms with Crippen molar-refractivity contribution in [2.75, 3.05) is 23.0 Å². The van der Waals surface area contributed by atoms with Gasteiger partial charge >= 0.3 is 0 Å². The molecular formula is C23H22FN2O6S5+. The van der Waals surface area contributed by atoms with Crippen molar-refractivity contribution in [1.29, 1.82) is 0 Å². The minimum atomic E-state index is -4.14. The highest BCUT2D eigenvalue weighted by Gasteiger charge is 2.29. The summed E-state index contributed by atoms with van der Waals surface area (Å²) in [5, 5.41) is 4.63. The summed E-state index contributed by atoms with van der Waals surface area (Å²) in [6.45, 7) is 0.598. The van der Waals surface area contributed by atoms with Crippen molar-refractivity contribution < 1.29 is 34.9 Å². The van der Waals surface area contributed by atoms with Crippen molar-refractivity contribution in [1.82, 2.24) is 0 Å². The number of thiophene rings is 1. The van der Waals surface area contributed by atoms with Gasteiger partial charge in [-0.2, -0.15) is 21.4 Å². The fourth-order valence-corrected chi connectivity index (χ4v) is 8.40. The van der Waals surface area contributed by atoms with Gasteiger partial charge in [0, 0.05) is 22.6 Å². The van der Waals surface area contributed by atoms with E-state index in [1.54, 1.807) is 17.4 Å². The molecule has 14 heteroatoms. The molecule has 2 aromatic heterocycles. The third kappa shape index (κ3) is 6.00. The van der Waals surface area contributed by atoms with E-state index in [-0.39, 0.29) is 25.1 Å². The van der Waals surface area contributed by atoms with Crippen molar-refractivity contribution in [2.24, 2.45) is 0 Å². The van der Waals surface area contributed by atoms with Crippen molar-refractivity contribution in [2.45, 2.75) is 24.3 Å². The number of fused-ring (bicyclic) bond motifs is 4. The molecule has 37 heavy (non-hydrogen) atoms. The Kier molecular flexibility index (Phi) is 7.35. The Morgan fingerprint density at radius 2 is 1.70 bits per heavy atom. The lowest BCUT2D eigenvalue weighted by Gasteiger charge is -2.19. The number of rotatable bonds is 9. The van der Waals surface area contributed by atoms with Gasteiger partial charge in [-0.15, -0.1) is 11.3 Å². The van der Waals surface area contributed by atoms with Crippen LogP contribution in [0.3, 0.4) is 0 Å². The predicted octanol–water partition coefficient (Wildman–Crippen LogP) is 5.01. The predicted molar refractivity (Wildman–Crippen MR) is 147 cm³/mol. The Morgan fingerprint density at radius 1 is 0.973 bits per heavy atom. The number of anilines is 1. The molecule has 5 rings (SSSR count). The molecular weight excluding hydrogens is 580 g/mol. The smallest absolute Gasteiger partial charge is 0.265 e. The number of aromatic nitrogens is 1. The lowest BCUT2D eigenvalue weighted by molar-refractivity contribution is -0.667. The molecule has 0 bridgehead atoms. The first-order chi connectivity index (χ1) is 17.5. The summed E-state index contributed by atoms with van der Waals surface area (Å²) in [6.07, 6.45) is 2.29. The number of benzene rings is 2. The van der Waals surface area contributed by atoms with Crippen LogP contribution in [0.4, 0.5) is 10.1 Å². The molecule has 2 aromatic carbocycles. The number of thiazole rings is 1. The summed E-state index contributed by atoms with van der Waals surface area (Å²) < 4.78 is 81.9. The van der Waals surface area contributed by atoms with Crippen LogP contribution >= 0.6 is 34.4 Å². The van der Waals surface area contributed by atoms with E-state index in [0.29, 0.717) is 12.2 Å². The van der Waals surface area contributed by atoms with Gasteiger partial charge in [0.25, 0.3) is 25.2 Å². The molecule has 0 saturated carbocycles. The maximum Gasteiger partial charge on any atom is 0.265 e. The summed E-state index contributed by atoms with van der Waals surface area (Å²) in [5.41, 5.74) is 1.58. The van der Waals surface area contributed by atoms with Crippen molar-refractivity contribution >= 4 is 86.7 Å². The van der Waals surface area contributed by atoms with Gasteiger partial charge in [0.05, 0.1) is 33.7 Å². The van der Waals surface area contributed by atoms with Crippen LogP contribution in [0.1, 0.15) is 17.8 Å². The maximum atomic E-state index is 14.1. The Labute approximate surface area is 225 Å². The number of thioether (sulfide) groups is 1. The summed E-state index contributed by atoms with van der Waals surface area (Å²) in [4.78, 5) is 2.65. The van der Waals surface area contributed by atoms with Crippen LogP contribution in [-0.2, 0) is 26.8 Å². The van der Waals surface area contributed by atoms with E-state index >= 15 is 0 Å². The minimum Gasteiger partial charge on any atom is -0.335 e. The van der Waals surface area contributed by atoms with Crippen molar-refractivity contribution in [3.63, 3.8) is 0 Å². The van der Waals surface area contributed by atoms with E-state index in [4.69, 9.17) is 4.55 Å². The first kappa shape index (κ1) is 26.5. The van der Waals surface area contributed by atoms with Gasteiger partial charge in [-0.05, 0) is 48.2 Å². The lowest BCUT2D eigenvalue weighted by Crippen LogP contribution is -2.36. The van der Waals surface area contributed by atoms with Crippen LogP contribution in [0.15, 0.2) is 51.7 Å². The number of hydrogen-bond acceptors (Lipinski definition) is 8. The van der Waals surface area contributed by atoms with Gasteiger partial charge < -0.3 is 4.90 Å². The largest absolute Gasteiger partial charge is 0.335 e. The van der Waals surface area contributed by atoms with Gasteiger partial charge in [-0.1, -0.05) is 23.1 Å². The van der Waals surface area contributed by atoms with Crippen LogP contribution < -0.4 is 9.47 Å². The molecule has 0 radical (unpaired) electrons. The standard InChI is InChI=1S/C23H21FN2O6S5/c24-15-3-4-19-17(13-15)25(8-1-11-36(27,28)29)21(34-19)14-22-26(9-2-12-37(30,31)32)23-16-7-10-33-18(16)5-6-20(23)35-22/h3-7,10,13-14H,1-2,8-9,11-12H2,(H-,27,28,29,30,31,32)/p+1. The Morgan fingerprint density at radius 3 is 2.46 bits per heavy atom. The fraction of sp³-hybridized carbons (Fsp3) is 0.261. The monoisotopic (exact) mass is 601 g/mol. The highest BCUT2D eigenvalue weighted by Crippen LogP contribution is 2.47. The van der Waals surface area contributed by atoms with Gasteiger partial charge in [-0.25, -0.2) is 4.39 Å². The number of aryl methyl sites for hydroxylation is 1. The Hall–Kier alpha value is -2.07. The average Bonchev–Trinajstić information content (AvgIpc) is 3.48. The molecule has 0 spiro atoms. The topological polar surface area (TPSA) is 116 Å². The van der Waals surface area contributed by atoms with E-state index in [2.05, 4.69) is 0 Å². The highest BCUT2D eigenvalue weighted by atomic mass is 32.2. The van der Waals surface area contributed by atoms with Crippen molar-refractivity contribution in [3.05, 3.63) is 57.6 Å². The van der Waals surface area contributed by atoms with E-state index in [9.17, 15) is 25.8 Å². The molecule has 8 nitrogen and oxygen atoms in total. The first-order valence-electron chi connectivity index (χ1n) is 11.2. The second kappa shape index (κ2) is 10.2. The zero-order valence-corrected chi connectivity index (χ0v) is 23.3. The molecule has 0 fully saturated rings. The Bertz CT molecular complexity index is 1740. The summed E-state index contributed by atoms with van der Waals surface area (Å²) >= 11 is 4.56. The van der Waals surface area contributed by atoms with Crippen molar-refractivity contribution in [3.8, 4) is 0 Å². The minimum absolute atomic E-state index is 0.142. The van der Waals surface area contributed by atoms with Gasteiger partial charge in [-0.3, -0.25) is 9.11 Å². The maximum absolute atomic E-state index is 14.1. The quantitative estimate of drug-likeness (QED) is 0.203. The third-order valence-electron chi connectivity index (χ3n) is 5.83. The molecule has 0 unspecified atom stereocenters. The second-order valence-electron chi connectivity index (χ2n) is 8.46. The van der Waals surface area contributed by atoms with Gasteiger partial charge in [0.15, 0.2) is 6.54 Å². The van der Waals surface area contributed by atoms with E-state index in [1.807, 2.05) is 39.1 Å². The molecule has 3 heterocycles. The zero-order chi connectivity index (χ0) is 26.4. The fourth-order valence-electron chi connectivity index (χ4n) is 4.30. The summed E-state index contributed by atoms with van der Waals surface area (Å²) in [5.74, 6) is -1.20. The van der Waals surface area contributed by atoms with Crippen LogP contribution in [0, 0.1) is 5.82 Å². The molecule has 196 valence electrons. The SMILES string of the molecule is O=S(=O)(O)CCCN1C(=Cc2sc3ccc4sccc4c3[n+]2CCCS(=O)(=O)O)Sc2ccc(F)cc21. The van der Waals surface area contributed by atoms with Crippen LogP contribution in [0.2, 0.25) is 0 Å². The molecule has 2 N–H and O–H groups in total. The number of hydrogen-bond donors (Lipinski definition) is 2. The number of nitrogens with zero attached hydrogens (tertiary/aromatic N) is 2. The summed E-state index contributed by atoms with van der Waals surface area (Å²) in [7, 11) is -8.25. The van der Waals surface area contributed by atoms with Crippen LogP contribution in [-0.4, -0.2) is 44.0 Å². The Balaban J connectivity index is 1.58. The molecule has 0 atom stereocenters. The average molecular weight is 602 g/mol. The molecule has 1 aliphatic heterocycles. The van der Waals surface area contributed by atoms with Gasteiger partial charge in [0.2, 0.25) is 5.52 Å². The van der Waals surface area contributed by atoms with Crippen LogP contribution in [0.5, 0.6) is 0 Å².